The van der Waals surface area contributed by atoms with Crippen LogP contribution in [0.5, 0.6) is 5.75 Å². The predicted molar refractivity (Wildman–Crippen MR) is 191 cm³/mol. The van der Waals surface area contributed by atoms with Gasteiger partial charge in [-0.15, -0.1) is 0 Å². The molecular formula is C36H37N7O5S. The second kappa shape index (κ2) is 13.7. The molecule has 3 aromatic heterocycles. The molecule has 1 aliphatic rings. The maximum absolute atomic E-state index is 12.9. The van der Waals surface area contributed by atoms with Crippen LogP contribution >= 0.6 is 11.3 Å². The molecule has 3 N–H and O–H groups in total. The van der Waals surface area contributed by atoms with Gasteiger partial charge in [-0.3, -0.25) is 19.4 Å². The number of carbonyl (C=O) groups is 2. The Morgan fingerprint density at radius 1 is 0.918 bits per heavy atom. The Kier molecular flexibility index (Phi) is 9.04. The quantitative estimate of drug-likeness (QED) is 0.147. The minimum Gasteiger partial charge on any atom is -0.492 e. The highest BCUT2D eigenvalue weighted by Gasteiger charge is 2.20. The minimum atomic E-state index is -0.478. The number of imidazole rings is 1. The largest absolute Gasteiger partial charge is 0.492 e. The lowest BCUT2D eigenvalue weighted by atomic mass is 9.92. The maximum Gasteiger partial charge on any atom is 0.326 e. The first-order valence-electron chi connectivity index (χ1n) is 16.1. The fourth-order valence-electron chi connectivity index (χ4n) is 5.42. The standard InChI is InChI=1S/C36H37N7O5S/c1-36(2,3)31-21-32(48-41-31)40-34(45)38-26-10-6-24(7-11-26)33(44)37-25-8-4-23(5-9-25)28-22-43-29-13-12-27(20-30(29)49-35(43)39-28)47-19-16-42-14-17-46-18-15-42/h4-13,20-22H,14-19H2,1-3H3,(H,37,44)(H2,38,40,45). The number of anilines is 3. The Hall–Kier alpha value is -5.24. The number of nitrogens with zero attached hydrogens (tertiary/aromatic N) is 4. The van der Waals surface area contributed by atoms with Crippen LogP contribution < -0.4 is 20.7 Å². The van der Waals surface area contributed by atoms with E-state index in [4.69, 9.17) is 19.0 Å². The Morgan fingerprint density at radius 3 is 2.39 bits per heavy atom. The molecule has 252 valence electrons. The van der Waals surface area contributed by atoms with Crippen LogP contribution in [0.3, 0.4) is 0 Å². The lowest BCUT2D eigenvalue weighted by Crippen LogP contribution is -2.38. The summed E-state index contributed by atoms with van der Waals surface area (Å²) >= 11 is 1.62. The summed E-state index contributed by atoms with van der Waals surface area (Å²) in [4.78, 5) is 33.5. The van der Waals surface area contributed by atoms with Crippen molar-refractivity contribution in [1.29, 1.82) is 0 Å². The van der Waals surface area contributed by atoms with Gasteiger partial charge < -0.3 is 24.6 Å². The number of thiazole rings is 1. The molecule has 0 bridgehead atoms. The van der Waals surface area contributed by atoms with Crippen molar-refractivity contribution >= 4 is 55.7 Å². The Bertz CT molecular complexity index is 2090. The summed E-state index contributed by atoms with van der Waals surface area (Å²) < 4.78 is 19.9. The van der Waals surface area contributed by atoms with E-state index in [1.54, 1.807) is 41.7 Å². The summed E-state index contributed by atoms with van der Waals surface area (Å²) in [6, 6.07) is 21.6. The number of benzene rings is 3. The fourth-order valence-corrected chi connectivity index (χ4v) is 6.46. The van der Waals surface area contributed by atoms with Gasteiger partial charge in [0.05, 0.1) is 34.8 Å². The number of nitrogens with one attached hydrogen (secondary N) is 3. The number of aromatic nitrogens is 3. The van der Waals surface area contributed by atoms with Crippen LogP contribution in [0.2, 0.25) is 0 Å². The molecule has 1 saturated heterocycles. The van der Waals surface area contributed by atoms with E-state index in [1.807, 2.05) is 57.3 Å². The van der Waals surface area contributed by atoms with Crippen molar-refractivity contribution in [2.75, 3.05) is 55.4 Å². The van der Waals surface area contributed by atoms with Gasteiger partial charge >= 0.3 is 6.03 Å². The molecule has 6 aromatic rings. The number of hydrogen-bond donors (Lipinski definition) is 3. The molecule has 0 radical (unpaired) electrons. The van der Waals surface area contributed by atoms with E-state index >= 15 is 0 Å². The highest BCUT2D eigenvalue weighted by molar-refractivity contribution is 7.23. The van der Waals surface area contributed by atoms with Crippen LogP contribution in [0.1, 0.15) is 36.8 Å². The Labute approximate surface area is 287 Å². The van der Waals surface area contributed by atoms with Gasteiger partial charge in [0.1, 0.15) is 12.4 Å². The first-order valence-corrected chi connectivity index (χ1v) is 16.9. The molecule has 13 heteroatoms. The Morgan fingerprint density at radius 2 is 1.65 bits per heavy atom. The molecule has 4 heterocycles. The number of amides is 3. The van der Waals surface area contributed by atoms with Crippen LogP contribution in [0.4, 0.5) is 22.1 Å². The van der Waals surface area contributed by atoms with E-state index in [0.29, 0.717) is 23.5 Å². The van der Waals surface area contributed by atoms with Gasteiger partial charge in [-0.2, -0.15) is 0 Å². The van der Waals surface area contributed by atoms with Crippen LogP contribution in [-0.4, -0.2) is 70.8 Å². The van der Waals surface area contributed by atoms with Gasteiger partial charge in [0.15, 0.2) is 4.96 Å². The zero-order valence-electron chi connectivity index (χ0n) is 27.5. The van der Waals surface area contributed by atoms with Crippen molar-refractivity contribution in [3.63, 3.8) is 0 Å². The Balaban J connectivity index is 0.928. The van der Waals surface area contributed by atoms with Crippen LogP contribution in [-0.2, 0) is 10.2 Å². The van der Waals surface area contributed by atoms with Gasteiger partial charge in [0.2, 0.25) is 5.88 Å². The smallest absolute Gasteiger partial charge is 0.326 e. The summed E-state index contributed by atoms with van der Waals surface area (Å²) in [6.07, 6.45) is 2.03. The van der Waals surface area contributed by atoms with E-state index < -0.39 is 6.03 Å². The highest BCUT2D eigenvalue weighted by atomic mass is 32.1. The second-order valence-electron chi connectivity index (χ2n) is 12.8. The number of carbonyl (C=O) groups excluding carboxylic acids is 2. The molecule has 49 heavy (non-hydrogen) atoms. The highest BCUT2D eigenvalue weighted by Crippen LogP contribution is 2.32. The second-order valence-corrected chi connectivity index (χ2v) is 13.8. The average Bonchev–Trinajstić information content (AvgIpc) is 3.81. The normalized spacial score (nSPS) is 13.9. The molecule has 0 spiro atoms. The third-order valence-corrected chi connectivity index (χ3v) is 9.22. The predicted octanol–water partition coefficient (Wildman–Crippen LogP) is 7.11. The maximum atomic E-state index is 12.9. The van der Waals surface area contributed by atoms with Crippen molar-refractivity contribution in [2.45, 2.75) is 26.2 Å². The molecule has 0 atom stereocenters. The van der Waals surface area contributed by atoms with Gasteiger partial charge in [0.25, 0.3) is 5.91 Å². The average molecular weight is 680 g/mol. The third kappa shape index (κ3) is 7.59. The minimum absolute atomic E-state index is 0.198. The molecule has 1 aliphatic heterocycles. The molecule has 0 unspecified atom stereocenters. The fraction of sp³-hybridized carbons (Fsp3) is 0.278. The van der Waals surface area contributed by atoms with Gasteiger partial charge in [-0.05, 0) is 54.6 Å². The third-order valence-electron chi connectivity index (χ3n) is 8.20. The first kappa shape index (κ1) is 32.3. The number of hydrogen-bond acceptors (Lipinski definition) is 9. The number of morpholine rings is 1. The SMILES string of the molecule is CC(C)(C)c1cc(NC(=O)Nc2ccc(C(=O)Nc3ccc(-c4cn5c(n4)sc4cc(OCCN6CCOCC6)ccc45)cc3)cc2)on1. The summed E-state index contributed by atoms with van der Waals surface area (Å²) in [5.41, 5.74) is 5.04. The van der Waals surface area contributed by atoms with Crippen molar-refractivity contribution in [1.82, 2.24) is 19.4 Å². The summed E-state index contributed by atoms with van der Waals surface area (Å²) in [7, 11) is 0. The molecule has 12 nitrogen and oxygen atoms in total. The van der Waals surface area contributed by atoms with Crippen molar-refractivity contribution < 1.29 is 23.6 Å². The molecule has 7 rings (SSSR count). The summed E-state index contributed by atoms with van der Waals surface area (Å²) in [5.74, 6) is 0.844. The molecule has 3 aromatic carbocycles. The summed E-state index contributed by atoms with van der Waals surface area (Å²) in [6.45, 7) is 11.0. The van der Waals surface area contributed by atoms with E-state index in [0.717, 1.165) is 70.7 Å². The topological polar surface area (TPSA) is 135 Å². The molecule has 0 aliphatic carbocycles. The van der Waals surface area contributed by atoms with E-state index in [9.17, 15) is 9.59 Å². The van der Waals surface area contributed by atoms with Gasteiger partial charge in [0, 0.05) is 59.8 Å². The van der Waals surface area contributed by atoms with Gasteiger partial charge in [-0.1, -0.05) is 49.4 Å². The number of fused-ring (bicyclic) bond motifs is 3. The van der Waals surface area contributed by atoms with E-state index in [1.165, 1.54) is 0 Å². The van der Waals surface area contributed by atoms with Crippen molar-refractivity contribution in [3.8, 4) is 17.0 Å². The molecule has 0 saturated carbocycles. The van der Waals surface area contributed by atoms with Crippen molar-refractivity contribution in [2.24, 2.45) is 0 Å². The monoisotopic (exact) mass is 679 g/mol. The van der Waals surface area contributed by atoms with Crippen LogP contribution in [0.25, 0.3) is 26.4 Å². The van der Waals surface area contributed by atoms with E-state index in [2.05, 4.69) is 42.5 Å². The van der Waals surface area contributed by atoms with Crippen LogP contribution in [0, 0.1) is 0 Å². The first-order chi connectivity index (χ1) is 23.7. The molecule has 3 amide bonds. The number of ether oxygens (including phenoxy) is 2. The molecular weight excluding hydrogens is 643 g/mol. The van der Waals surface area contributed by atoms with Crippen LogP contribution in [0.15, 0.2) is 83.5 Å². The molecule has 1 fully saturated rings. The van der Waals surface area contributed by atoms with E-state index in [-0.39, 0.29) is 17.2 Å². The summed E-state index contributed by atoms with van der Waals surface area (Å²) in [5, 5.41) is 12.3. The zero-order chi connectivity index (χ0) is 34.0. The number of rotatable bonds is 9. The lowest BCUT2D eigenvalue weighted by Gasteiger charge is -2.26. The number of urea groups is 1. The van der Waals surface area contributed by atoms with Gasteiger partial charge in [-0.25, -0.2) is 9.78 Å². The lowest BCUT2D eigenvalue weighted by molar-refractivity contribution is 0.0322. The zero-order valence-corrected chi connectivity index (χ0v) is 28.3. The van der Waals surface area contributed by atoms with Crippen molar-refractivity contribution in [3.05, 3.63) is 90.3 Å².